The molecule has 0 saturated carbocycles. The van der Waals surface area contributed by atoms with Crippen molar-refractivity contribution in [2.75, 3.05) is 32.0 Å². The Labute approximate surface area is 204 Å². The molecule has 1 amide bonds. The fraction of sp³-hybridized carbons (Fsp3) is 0.421. The summed E-state index contributed by atoms with van der Waals surface area (Å²) in [5.74, 6) is -0.970. The van der Waals surface area contributed by atoms with E-state index in [1.165, 1.54) is 11.8 Å². The number of hydrogen-bond donors (Lipinski definition) is 2. The van der Waals surface area contributed by atoms with E-state index in [0.717, 1.165) is 30.0 Å². The van der Waals surface area contributed by atoms with Crippen molar-refractivity contribution >= 4 is 70.6 Å². The van der Waals surface area contributed by atoms with Crippen molar-refractivity contribution in [2.45, 2.75) is 23.9 Å². The molecule has 2 heterocycles. The smallest absolute Gasteiger partial charge is 0.347 e. The van der Waals surface area contributed by atoms with Crippen LogP contribution in [0.1, 0.15) is 20.9 Å². The molecule has 12 heteroatoms. The van der Waals surface area contributed by atoms with Crippen molar-refractivity contribution in [1.82, 2.24) is 15.2 Å². The fourth-order valence-corrected chi connectivity index (χ4v) is 5.16. The van der Waals surface area contributed by atoms with Gasteiger partial charge in [-0.05, 0) is 24.6 Å². The van der Waals surface area contributed by atoms with Crippen molar-refractivity contribution in [3.05, 3.63) is 44.4 Å². The van der Waals surface area contributed by atoms with Gasteiger partial charge in [-0.2, -0.15) is 0 Å². The van der Waals surface area contributed by atoms with Crippen molar-refractivity contribution in [2.24, 2.45) is 0 Å². The number of aromatic nitrogens is 1. The Bertz CT molecular complexity index is 929. The first-order valence-electron chi connectivity index (χ1n) is 9.20. The van der Waals surface area contributed by atoms with Gasteiger partial charge in [0.1, 0.15) is 4.88 Å². The largest absolute Gasteiger partial charge is 0.477 e. The number of morpholine rings is 1. The monoisotopic (exact) mass is 525 g/mol. The number of ether oxygens (including phenoxy) is 1. The maximum Gasteiger partial charge on any atom is 0.347 e. The Balaban J connectivity index is 0.00000341. The molecule has 1 atom stereocenters. The molecule has 0 unspecified atom stereocenters. The van der Waals surface area contributed by atoms with E-state index in [1.807, 2.05) is 12.1 Å². The minimum atomic E-state index is -0.999. The first kappa shape index (κ1) is 26.2. The maximum atomic E-state index is 12.2. The summed E-state index contributed by atoms with van der Waals surface area (Å²) in [5.41, 5.74) is 1.54. The highest BCUT2D eigenvalue weighted by Crippen LogP contribution is 2.27. The number of rotatable bonds is 8. The van der Waals surface area contributed by atoms with Crippen LogP contribution in [0.25, 0.3) is 0 Å². The number of hydrogen-bond acceptors (Lipinski definition) is 7. The zero-order valence-corrected chi connectivity index (χ0v) is 20.6. The molecule has 1 fully saturated rings. The SMILES string of the molecule is Cc1nc(SCC(=O)NC[C@H]2CN(Cc3ccc(Cl)c(Cl)c3)CCO2)sc1C(=O)O.Cl. The Hall–Kier alpha value is -1.07. The van der Waals surface area contributed by atoms with E-state index < -0.39 is 5.97 Å². The van der Waals surface area contributed by atoms with Gasteiger partial charge in [-0.15, -0.1) is 23.7 Å². The van der Waals surface area contributed by atoms with Crippen LogP contribution in [0.5, 0.6) is 0 Å². The van der Waals surface area contributed by atoms with Crippen LogP contribution < -0.4 is 5.32 Å². The Kier molecular flexibility index (Phi) is 10.3. The highest BCUT2D eigenvalue weighted by Gasteiger charge is 2.21. The van der Waals surface area contributed by atoms with Crippen LogP contribution >= 0.6 is 58.7 Å². The summed E-state index contributed by atoms with van der Waals surface area (Å²) in [6.45, 7) is 4.88. The molecule has 170 valence electrons. The summed E-state index contributed by atoms with van der Waals surface area (Å²) >= 11 is 14.4. The van der Waals surface area contributed by atoms with Crippen LogP contribution in [0, 0.1) is 6.92 Å². The van der Waals surface area contributed by atoms with Crippen LogP contribution in [-0.2, 0) is 16.1 Å². The van der Waals surface area contributed by atoms with E-state index in [1.54, 1.807) is 13.0 Å². The number of aromatic carboxylic acids is 1. The fourth-order valence-electron chi connectivity index (χ4n) is 2.98. The van der Waals surface area contributed by atoms with Gasteiger partial charge in [-0.1, -0.05) is 41.0 Å². The van der Waals surface area contributed by atoms with Gasteiger partial charge in [-0.3, -0.25) is 9.69 Å². The Morgan fingerprint density at radius 3 is 2.84 bits per heavy atom. The normalized spacial score (nSPS) is 16.5. The molecular weight excluding hydrogens is 505 g/mol. The number of nitrogens with one attached hydrogen (secondary N) is 1. The van der Waals surface area contributed by atoms with Gasteiger partial charge in [0.2, 0.25) is 5.91 Å². The van der Waals surface area contributed by atoms with Crippen molar-refractivity contribution in [1.29, 1.82) is 0 Å². The summed E-state index contributed by atoms with van der Waals surface area (Å²) in [7, 11) is 0. The maximum absolute atomic E-state index is 12.2. The molecule has 1 aliphatic heterocycles. The molecule has 0 spiro atoms. The predicted octanol–water partition coefficient (Wildman–Crippen LogP) is 3.99. The van der Waals surface area contributed by atoms with Gasteiger partial charge in [0.25, 0.3) is 0 Å². The highest BCUT2D eigenvalue weighted by atomic mass is 35.5. The lowest BCUT2D eigenvalue weighted by Gasteiger charge is -2.33. The lowest BCUT2D eigenvalue weighted by Crippen LogP contribution is -2.47. The molecule has 0 bridgehead atoms. The van der Waals surface area contributed by atoms with Crippen molar-refractivity contribution in [3.8, 4) is 0 Å². The topological polar surface area (TPSA) is 91.8 Å². The van der Waals surface area contributed by atoms with Crippen molar-refractivity contribution in [3.63, 3.8) is 0 Å². The zero-order chi connectivity index (χ0) is 21.7. The number of thiazole rings is 1. The van der Waals surface area contributed by atoms with E-state index in [0.29, 0.717) is 39.8 Å². The predicted molar refractivity (Wildman–Crippen MR) is 126 cm³/mol. The van der Waals surface area contributed by atoms with Gasteiger partial charge in [0, 0.05) is 26.2 Å². The van der Waals surface area contributed by atoms with E-state index in [9.17, 15) is 9.59 Å². The van der Waals surface area contributed by atoms with Gasteiger partial charge in [0.05, 0.1) is 34.2 Å². The number of carbonyl (C=O) groups excluding carboxylic acids is 1. The number of carboxylic acids is 1. The third-order valence-corrected chi connectivity index (χ3v) is 7.47. The number of benzene rings is 1. The molecule has 31 heavy (non-hydrogen) atoms. The van der Waals surface area contributed by atoms with Gasteiger partial charge >= 0.3 is 5.97 Å². The number of halogens is 3. The lowest BCUT2D eigenvalue weighted by atomic mass is 10.2. The third kappa shape index (κ3) is 7.78. The molecule has 0 aliphatic carbocycles. The second-order valence-electron chi connectivity index (χ2n) is 6.77. The molecular formula is C19H22Cl3N3O4S2. The van der Waals surface area contributed by atoms with Crippen LogP contribution in [0.4, 0.5) is 0 Å². The summed E-state index contributed by atoms with van der Waals surface area (Å²) in [5, 5.41) is 13.0. The van der Waals surface area contributed by atoms with E-state index in [4.69, 9.17) is 33.0 Å². The van der Waals surface area contributed by atoms with Crippen LogP contribution in [0.2, 0.25) is 10.0 Å². The van der Waals surface area contributed by atoms with Crippen LogP contribution in [0.3, 0.4) is 0 Å². The number of thioether (sulfide) groups is 1. The first-order valence-corrected chi connectivity index (χ1v) is 11.8. The summed E-state index contributed by atoms with van der Waals surface area (Å²) < 4.78 is 6.33. The molecule has 2 N–H and O–H groups in total. The standard InChI is InChI=1S/C19H21Cl2N3O4S2.ClH/c1-11-17(18(26)27)30-19(23-11)29-10-16(25)22-7-13-9-24(4-5-28-13)8-12-2-3-14(20)15(21)6-12;/h2-3,6,13H,4-5,7-10H2,1H3,(H,22,25)(H,26,27);1H/t13-;/m0./s1. The molecule has 3 rings (SSSR count). The molecule has 1 aromatic heterocycles. The molecule has 2 aromatic rings. The molecule has 0 radical (unpaired) electrons. The van der Waals surface area contributed by atoms with Crippen LogP contribution in [-0.4, -0.2) is 65.0 Å². The minimum absolute atomic E-state index is 0. The van der Waals surface area contributed by atoms with Gasteiger partial charge < -0.3 is 15.2 Å². The molecule has 1 aromatic carbocycles. The van der Waals surface area contributed by atoms with Crippen molar-refractivity contribution < 1.29 is 19.4 Å². The summed E-state index contributed by atoms with van der Waals surface area (Å²) in [6, 6.07) is 5.61. The van der Waals surface area contributed by atoms with Crippen LogP contribution in [0.15, 0.2) is 22.5 Å². The number of nitrogens with zero attached hydrogens (tertiary/aromatic N) is 2. The van der Waals surface area contributed by atoms with E-state index in [2.05, 4.69) is 15.2 Å². The average Bonchev–Trinajstić information content (AvgIpc) is 3.09. The Morgan fingerprint density at radius 1 is 1.39 bits per heavy atom. The highest BCUT2D eigenvalue weighted by molar-refractivity contribution is 8.01. The van der Waals surface area contributed by atoms with Gasteiger partial charge in [-0.25, -0.2) is 9.78 Å². The summed E-state index contributed by atoms with van der Waals surface area (Å²) in [4.78, 5) is 29.9. The second kappa shape index (κ2) is 12.2. The second-order valence-corrected chi connectivity index (χ2v) is 9.80. The summed E-state index contributed by atoms with van der Waals surface area (Å²) in [6.07, 6.45) is -0.101. The number of carbonyl (C=O) groups is 2. The number of carboxylic acid groups (broad SMARTS) is 1. The Morgan fingerprint density at radius 2 is 2.16 bits per heavy atom. The lowest BCUT2D eigenvalue weighted by molar-refractivity contribution is -0.119. The van der Waals surface area contributed by atoms with E-state index in [-0.39, 0.29) is 35.0 Å². The quantitative estimate of drug-likeness (QED) is 0.503. The van der Waals surface area contributed by atoms with E-state index >= 15 is 0 Å². The molecule has 1 saturated heterocycles. The minimum Gasteiger partial charge on any atom is -0.477 e. The molecule has 1 aliphatic rings. The number of amides is 1. The third-order valence-electron chi connectivity index (χ3n) is 4.44. The zero-order valence-electron chi connectivity index (χ0n) is 16.6. The average molecular weight is 527 g/mol. The first-order chi connectivity index (χ1) is 14.3. The van der Waals surface area contributed by atoms with Gasteiger partial charge in [0.15, 0.2) is 4.34 Å². The number of aryl methyl sites for hydroxylation is 1. The molecule has 7 nitrogen and oxygen atoms in total.